The van der Waals surface area contributed by atoms with Gasteiger partial charge in [-0.05, 0) is 12.8 Å². The fraction of sp³-hybridized carbons (Fsp3) is 0.667. The van der Waals surface area contributed by atoms with E-state index in [0.717, 1.165) is 12.8 Å². The number of piperidine rings is 1. The maximum Gasteiger partial charge on any atom is 0.307 e. The van der Waals surface area contributed by atoms with E-state index in [-0.39, 0.29) is 17.3 Å². The van der Waals surface area contributed by atoms with Gasteiger partial charge in [0.25, 0.3) is 10.0 Å². The predicted molar refractivity (Wildman–Crippen MR) is 75.8 cm³/mol. The molecule has 0 radical (unpaired) electrons. The number of methoxy groups -OCH3 is 1. The molecular formula is C12H20N4O4S. The van der Waals surface area contributed by atoms with Crippen LogP contribution < -0.4 is 5.73 Å². The number of aromatic nitrogens is 2. The molecule has 9 heteroatoms. The van der Waals surface area contributed by atoms with Crippen LogP contribution in [0.25, 0.3) is 0 Å². The van der Waals surface area contributed by atoms with Gasteiger partial charge in [-0.3, -0.25) is 4.79 Å². The molecule has 2 N–H and O–H groups in total. The van der Waals surface area contributed by atoms with Crippen molar-refractivity contribution in [3.8, 4) is 0 Å². The monoisotopic (exact) mass is 316 g/mol. The quantitative estimate of drug-likeness (QED) is 0.790. The van der Waals surface area contributed by atoms with Crippen molar-refractivity contribution >= 4 is 21.8 Å². The Morgan fingerprint density at radius 2 is 2.24 bits per heavy atom. The van der Waals surface area contributed by atoms with E-state index < -0.39 is 22.0 Å². The fourth-order valence-corrected chi connectivity index (χ4v) is 4.52. The summed E-state index contributed by atoms with van der Waals surface area (Å²) < 4.78 is 33.0. The minimum atomic E-state index is -3.78. The number of sulfonamides is 1. The largest absolute Gasteiger partial charge is 0.469 e. The molecular weight excluding hydrogens is 296 g/mol. The molecule has 1 saturated heterocycles. The summed E-state index contributed by atoms with van der Waals surface area (Å²) in [4.78, 5) is 15.3. The Balaban J connectivity index is 2.34. The molecule has 0 bridgehead atoms. The summed E-state index contributed by atoms with van der Waals surface area (Å²) in [6, 6.07) is -0.398. The summed E-state index contributed by atoms with van der Waals surface area (Å²) in [5.74, 6) is -0.444. The van der Waals surface area contributed by atoms with Crippen molar-refractivity contribution in [1.29, 1.82) is 0 Å². The first-order valence-electron chi connectivity index (χ1n) is 6.73. The lowest BCUT2D eigenvalue weighted by molar-refractivity contribution is -0.141. The van der Waals surface area contributed by atoms with Gasteiger partial charge in [0.2, 0.25) is 0 Å². The lowest BCUT2D eigenvalue weighted by atomic mass is 10.0. The molecule has 1 aromatic heterocycles. The zero-order chi connectivity index (χ0) is 15.6. The molecule has 1 fully saturated rings. The van der Waals surface area contributed by atoms with Gasteiger partial charge in [-0.15, -0.1) is 0 Å². The van der Waals surface area contributed by atoms with E-state index in [2.05, 4.69) is 9.72 Å². The molecule has 8 nitrogen and oxygen atoms in total. The van der Waals surface area contributed by atoms with E-state index in [4.69, 9.17) is 5.73 Å². The van der Waals surface area contributed by atoms with Gasteiger partial charge in [0.1, 0.15) is 0 Å². The van der Waals surface area contributed by atoms with Crippen LogP contribution >= 0.6 is 0 Å². The molecule has 0 amide bonds. The Kier molecular flexibility index (Phi) is 4.52. The lowest BCUT2D eigenvalue weighted by Crippen LogP contribution is -2.45. The normalized spacial score (nSPS) is 20.4. The molecule has 0 saturated carbocycles. The molecule has 1 aromatic rings. The first kappa shape index (κ1) is 15.8. The number of ether oxygens (including phenoxy) is 1. The number of nitrogens with zero attached hydrogens (tertiary/aromatic N) is 3. The second kappa shape index (κ2) is 6.02. The maximum atomic E-state index is 12.8. The average Bonchev–Trinajstić information content (AvgIpc) is 2.79. The van der Waals surface area contributed by atoms with Crippen LogP contribution in [0.3, 0.4) is 0 Å². The highest BCUT2D eigenvalue weighted by atomic mass is 32.2. The number of aryl methyl sites for hydroxylation is 1. The number of nitrogens with two attached hydrogens (primary N) is 1. The second-order valence-electron chi connectivity index (χ2n) is 5.09. The summed E-state index contributed by atoms with van der Waals surface area (Å²) in [5.41, 5.74) is 5.68. The van der Waals surface area contributed by atoms with Crippen LogP contribution in [0.1, 0.15) is 25.7 Å². The van der Waals surface area contributed by atoms with Crippen LogP contribution in [0.5, 0.6) is 0 Å². The fourth-order valence-electron chi connectivity index (χ4n) is 2.63. The van der Waals surface area contributed by atoms with Crippen LogP contribution in [0, 0.1) is 0 Å². The Bertz CT molecular complexity index is 606. The van der Waals surface area contributed by atoms with Crippen LogP contribution in [0.2, 0.25) is 0 Å². The van der Waals surface area contributed by atoms with Crippen molar-refractivity contribution in [2.24, 2.45) is 7.05 Å². The van der Waals surface area contributed by atoms with Gasteiger partial charge >= 0.3 is 5.97 Å². The third-order valence-electron chi connectivity index (χ3n) is 3.67. The minimum absolute atomic E-state index is 0.0279. The van der Waals surface area contributed by atoms with E-state index in [1.165, 1.54) is 22.3 Å². The van der Waals surface area contributed by atoms with Crippen LogP contribution in [0.4, 0.5) is 5.82 Å². The van der Waals surface area contributed by atoms with Crippen molar-refractivity contribution in [2.45, 2.75) is 36.8 Å². The van der Waals surface area contributed by atoms with Crippen molar-refractivity contribution in [3.63, 3.8) is 0 Å². The van der Waals surface area contributed by atoms with Crippen molar-refractivity contribution in [1.82, 2.24) is 13.9 Å². The molecule has 1 aliphatic heterocycles. The Labute approximate surface area is 123 Å². The topological polar surface area (TPSA) is 108 Å². The van der Waals surface area contributed by atoms with Crippen molar-refractivity contribution < 1.29 is 17.9 Å². The van der Waals surface area contributed by atoms with Gasteiger partial charge in [0.05, 0.1) is 19.9 Å². The molecule has 118 valence electrons. The standard InChI is InChI=1S/C12H20N4O4S/c1-15-8-14-11(13)12(15)21(18,19)16-6-4-3-5-9(16)7-10(17)20-2/h8-9H,3-7,13H2,1-2H3. The number of esters is 1. The van der Waals surface area contributed by atoms with Gasteiger partial charge in [0.15, 0.2) is 10.8 Å². The molecule has 0 aliphatic carbocycles. The molecule has 0 aromatic carbocycles. The van der Waals surface area contributed by atoms with E-state index in [1.807, 2.05) is 0 Å². The zero-order valence-electron chi connectivity index (χ0n) is 12.2. The number of hydrogen-bond donors (Lipinski definition) is 1. The van der Waals surface area contributed by atoms with Crippen LogP contribution in [-0.2, 0) is 26.6 Å². The van der Waals surface area contributed by atoms with E-state index in [1.54, 1.807) is 7.05 Å². The number of hydrogen-bond acceptors (Lipinski definition) is 6. The predicted octanol–water partition coefficient (Wildman–Crippen LogP) is 0.109. The number of anilines is 1. The third-order valence-corrected chi connectivity index (χ3v) is 5.75. The summed E-state index contributed by atoms with van der Waals surface area (Å²) in [7, 11) is -0.908. The zero-order valence-corrected chi connectivity index (χ0v) is 13.0. The van der Waals surface area contributed by atoms with Gasteiger partial charge < -0.3 is 15.0 Å². The third kappa shape index (κ3) is 3.03. The lowest BCUT2D eigenvalue weighted by Gasteiger charge is -2.34. The number of carbonyl (C=O) groups excluding carboxylic acids is 1. The van der Waals surface area contributed by atoms with Crippen molar-refractivity contribution in [2.75, 3.05) is 19.4 Å². The first-order chi connectivity index (χ1) is 9.87. The molecule has 1 atom stereocenters. The molecule has 21 heavy (non-hydrogen) atoms. The van der Waals surface area contributed by atoms with Gasteiger partial charge in [0, 0.05) is 19.6 Å². The van der Waals surface area contributed by atoms with Crippen LogP contribution in [0.15, 0.2) is 11.4 Å². The Hall–Kier alpha value is -1.61. The van der Waals surface area contributed by atoms with Gasteiger partial charge in [-0.2, -0.15) is 4.31 Å². The first-order valence-corrected chi connectivity index (χ1v) is 8.17. The molecule has 2 heterocycles. The summed E-state index contributed by atoms with van der Waals surface area (Å²) in [5, 5.41) is -0.0285. The smallest absolute Gasteiger partial charge is 0.307 e. The highest BCUT2D eigenvalue weighted by molar-refractivity contribution is 7.89. The van der Waals surface area contributed by atoms with E-state index in [9.17, 15) is 13.2 Å². The SMILES string of the molecule is COC(=O)CC1CCCCN1S(=O)(=O)c1c(N)ncn1C. The second-order valence-corrected chi connectivity index (χ2v) is 6.90. The minimum Gasteiger partial charge on any atom is -0.469 e. The highest BCUT2D eigenvalue weighted by Crippen LogP contribution is 2.29. The number of imidazole rings is 1. The van der Waals surface area contributed by atoms with Gasteiger partial charge in [-0.25, -0.2) is 13.4 Å². The maximum absolute atomic E-state index is 12.8. The molecule has 2 rings (SSSR count). The van der Waals surface area contributed by atoms with Crippen molar-refractivity contribution in [3.05, 3.63) is 6.33 Å². The summed E-state index contributed by atoms with van der Waals surface area (Å²) >= 11 is 0. The summed E-state index contributed by atoms with van der Waals surface area (Å²) in [6.45, 7) is 0.370. The molecule has 1 aliphatic rings. The molecule has 0 spiro atoms. The summed E-state index contributed by atoms with van der Waals surface area (Å²) in [6.07, 6.45) is 3.68. The Morgan fingerprint density at radius 3 is 2.81 bits per heavy atom. The molecule has 1 unspecified atom stereocenters. The van der Waals surface area contributed by atoms with E-state index in [0.29, 0.717) is 13.0 Å². The van der Waals surface area contributed by atoms with E-state index >= 15 is 0 Å². The highest BCUT2D eigenvalue weighted by Gasteiger charge is 2.37. The van der Waals surface area contributed by atoms with Crippen LogP contribution in [-0.4, -0.2) is 47.9 Å². The Morgan fingerprint density at radius 1 is 1.52 bits per heavy atom. The number of nitrogen functional groups attached to an aromatic ring is 1. The van der Waals surface area contributed by atoms with Gasteiger partial charge in [-0.1, -0.05) is 6.42 Å². The average molecular weight is 316 g/mol. The number of rotatable bonds is 4. The number of carbonyl (C=O) groups is 1.